The molecule has 1 N–H and O–H groups in total. The summed E-state index contributed by atoms with van der Waals surface area (Å²) in [5.41, 5.74) is 0.852. The van der Waals surface area contributed by atoms with Gasteiger partial charge < -0.3 is 4.74 Å². The SMILES string of the molecule is COc1cc2c(cc1NS(C)(=O)=O)c(C(C)=O)c(C)n2S(C)(=O)=O. The summed E-state index contributed by atoms with van der Waals surface area (Å²) in [4.78, 5) is 12.0. The number of rotatable bonds is 5. The van der Waals surface area contributed by atoms with Gasteiger partial charge in [0.05, 0.1) is 30.8 Å². The molecular formula is C14H18N2O6S2. The summed E-state index contributed by atoms with van der Waals surface area (Å²) in [6.07, 6.45) is 2.01. The quantitative estimate of drug-likeness (QED) is 0.791. The molecule has 1 aromatic heterocycles. The Kier molecular flexibility index (Phi) is 4.40. The number of anilines is 1. The third-order valence-corrected chi connectivity index (χ3v) is 5.18. The lowest BCUT2D eigenvalue weighted by molar-refractivity contribution is 0.101. The number of ether oxygens (including phenoxy) is 1. The van der Waals surface area contributed by atoms with Gasteiger partial charge in [0.2, 0.25) is 20.0 Å². The molecule has 0 bridgehead atoms. The highest BCUT2D eigenvalue weighted by Gasteiger charge is 2.24. The molecule has 2 rings (SSSR count). The van der Waals surface area contributed by atoms with Gasteiger partial charge in [-0.15, -0.1) is 0 Å². The average Bonchev–Trinajstić information content (AvgIpc) is 2.66. The van der Waals surface area contributed by atoms with Crippen LogP contribution < -0.4 is 9.46 Å². The summed E-state index contributed by atoms with van der Waals surface area (Å²) in [5, 5.41) is 0.331. The van der Waals surface area contributed by atoms with Crippen molar-refractivity contribution in [2.24, 2.45) is 0 Å². The summed E-state index contributed by atoms with van der Waals surface area (Å²) in [6, 6.07) is 2.80. The minimum Gasteiger partial charge on any atom is -0.494 e. The topological polar surface area (TPSA) is 112 Å². The predicted octanol–water partition coefficient (Wildman–Crippen LogP) is 1.34. The summed E-state index contributed by atoms with van der Waals surface area (Å²) in [5.74, 6) is -0.180. The third kappa shape index (κ3) is 3.24. The van der Waals surface area contributed by atoms with Crippen molar-refractivity contribution in [1.29, 1.82) is 0 Å². The number of carbonyl (C=O) groups is 1. The van der Waals surface area contributed by atoms with E-state index in [4.69, 9.17) is 4.74 Å². The molecule has 0 spiro atoms. The van der Waals surface area contributed by atoms with Gasteiger partial charge in [-0.3, -0.25) is 9.52 Å². The molecule has 0 radical (unpaired) electrons. The molecule has 0 aliphatic carbocycles. The first-order valence-corrected chi connectivity index (χ1v) is 10.5. The minimum absolute atomic E-state index is 0.126. The van der Waals surface area contributed by atoms with Crippen molar-refractivity contribution in [2.75, 3.05) is 24.3 Å². The van der Waals surface area contributed by atoms with Crippen LogP contribution >= 0.6 is 0 Å². The Labute approximate surface area is 140 Å². The van der Waals surface area contributed by atoms with Crippen LogP contribution in [0, 0.1) is 6.92 Å². The number of hydrogen-bond acceptors (Lipinski definition) is 6. The van der Waals surface area contributed by atoms with E-state index < -0.39 is 20.0 Å². The maximum Gasteiger partial charge on any atom is 0.236 e. The summed E-state index contributed by atoms with van der Waals surface area (Å²) in [6.45, 7) is 2.84. The lowest BCUT2D eigenvalue weighted by Gasteiger charge is -2.11. The Hall–Kier alpha value is -2.07. The van der Waals surface area contributed by atoms with Gasteiger partial charge in [0.25, 0.3) is 0 Å². The Morgan fingerprint density at radius 3 is 2.17 bits per heavy atom. The lowest BCUT2D eigenvalue weighted by atomic mass is 10.1. The molecular weight excluding hydrogens is 356 g/mol. The van der Waals surface area contributed by atoms with E-state index in [1.807, 2.05) is 0 Å². The van der Waals surface area contributed by atoms with E-state index >= 15 is 0 Å². The standard InChI is InChI=1S/C14H18N2O6S2/c1-8-14(9(2)17)10-6-11(15-23(4,18)19)13(22-3)7-12(10)16(8)24(5,20)21/h6-7,15H,1-5H3. The fourth-order valence-corrected chi connectivity index (χ4v) is 4.39. The zero-order valence-electron chi connectivity index (χ0n) is 13.9. The maximum absolute atomic E-state index is 12.1. The molecule has 0 aliphatic rings. The van der Waals surface area contributed by atoms with Crippen molar-refractivity contribution in [1.82, 2.24) is 3.97 Å². The molecule has 0 amide bonds. The van der Waals surface area contributed by atoms with Gasteiger partial charge in [0, 0.05) is 22.7 Å². The smallest absolute Gasteiger partial charge is 0.236 e. The molecule has 0 fully saturated rings. The van der Waals surface area contributed by atoms with Crippen molar-refractivity contribution in [3.8, 4) is 5.75 Å². The number of fused-ring (bicyclic) bond motifs is 1. The molecule has 0 saturated carbocycles. The molecule has 1 aromatic carbocycles. The molecule has 0 aliphatic heterocycles. The zero-order chi connectivity index (χ0) is 18.4. The summed E-state index contributed by atoms with van der Waals surface area (Å²) >= 11 is 0. The van der Waals surface area contributed by atoms with Crippen molar-refractivity contribution < 1.29 is 26.4 Å². The minimum atomic E-state index is -3.68. The van der Waals surface area contributed by atoms with E-state index in [0.29, 0.717) is 5.39 Å². The van der Waals surface area contributed by atoms with E-state index in [9.17, 15) is 21.6 Å². The van der Waals surface area contributed by atoms with E-state index in [2.05, 4.69) is 4.72 Å². The van der Waals surface area contributed by atoms with E-state index in [-0.39, 0.29) is 34.0 Å². The monoisotopic (exact) mass is 374 g/mol. The van der Waals surface area contributed by atoms with Gasteiger partial charge in [-0.2, -0.15) is 0 Å². The number of hydrogen-bond donors (Lipinski definition) is 1. The molecule has 1 heterocycles. The Bertz CT molecular complexity index is 1050. The number of nitrogens with zero attached hydrogens (tertiary/aromatic N) is 1. The van der Waals surface area contributed by atoms with Crippen LogP contribution in [-0.2, 0) is 20.0 Å². The molecule has 8 nitrogen and oxygen atoms in total. The van der Waals surface area contributed by atoms with Crippen molar-refractivity contribution in [3.05, 3.63) is 23.4 Å². The number of benzene rings is 1. The lowest BCUT2D eigenvalue weighted by Crippen LogP contribution is -2.12. The Morgan fingerprint density at radius 2 is 1.75 bits per heavy atom. The van der Waals surface area contributed by atoms with Crippen LogP contribution in [0.2, 0.25) is 0 Å². The fraction of sp³-hybridized carbons (Fsp3) is 0.357. The summed E-state index contributed by atoms with van der Waals surface area (Å²) < 4.78 is 55.8. The molecule has 0 unspecified atom stereocenters. The van der Waals surface area contributed by atoms with Crippen molar-refractivity contribution in [3.63, 3.8) is 0 Å². The number of carbonyl (C=O) groups excluding carboxylic acids is 1. The molecule has 24 heavy (non-hydrogen) atoms. The van der Waals surface area contributed by atoms with Gasteiger partial charge in [-0.05, 0) is 19.9 Å². The van der Waals surface area contributed by atoms with Crippen molar-refractivity contribution >= 4 is 42.4 Å². The first-order chi connectivity index (χ1) is 10.9. The first-order valence-electron chi connectivity index (χ1n) is 6.79. The van der Waals surface area contributed by atoms with Gasteiger partial charge in [-0.25, -0.2) is 20.8 Å². The number of ketones is 1. The number of nitrogens with one attached hydrogen (secondary N) is 1. The molecule has 2 aromatic rings. The maximum atomic E-state index is 12.1. The van der Waals surface area contributed by atoms with Gasteiger partial charge in [0.15, 0.2) is 5.78 Å². The fourth-order valence-electron chi connectivity index (χ4n) is 2.73. The van der Waals surface area contributed by atoms with Crippen LogP contribution in [0.25, 0.3) is 10.9 Å². The van der Waals surface area contributed by atoms with E-state index in [1.54, 1.807) is 0 Å². The average molecular weight is 374 g/mol. The number of Topliss-reactive ketones (excluding diaryl/α,β-unsaturated/α-hetero) is 1. The third-order valence-electron chi connectivity index (χ3n) is 3.45. The van der Waals surface area contributed by atoms with Gasteiger partial charge in [0.1, 0.15) is 5.75 Å². The van der Waals surface area contributed by atoms with Crippen LogP contribution in [0.5, 0.6) is 5.75 Å². The van der Waals surface area contributed by atoms with Crippen LogP contribution in [0.1, 0.15) is 23.0 Å². The van der Waals surface area contributed by atoms with Crippen LogP contribution in [-0.4, -0.2) is 46.2 Å². The van der Waals surface area contributed by atoms with E-state index in [1.165, 1.54) is 33.1 Å². The van der Waals surface area contributed by atoms with Gasteiger partial charge >= 0.3 is 0 Å². The highest BCUT2D eigenvalue weighted by molar-refractivity contribution is 7.92. The van der Waals surface area contributed by atoms with Crippen LogP contribution in [0.3, 0.4) is 0 Å². The zero-order valence-corrected chi connectivity index (χ0v) is 15.5. The number of sulfonamides is 1. The normalized spacial score (nSPS) is 12.4. The highest BCUT2D eigenvalue weighted by atomic mass is 32.2. The van der Waals surface area contributed by atoms with Crippen LogP contribution in [0.4, 0.5) is 5.69 Å². The second kappa shape index (κ2) is 5.78. The molecule has 10 heteroatoms. The number of methoxy groups -OCH3 is 1. The summed E-state index contributed by atoms with van der Waals surface area (Å²) in [7, 11) is -5.92. The Morgan fingerprint density at radius 1 is 1.17 bits per heavy atom. The van der Waals surface area contributed by atoms with Gasteiger partial charge in [-0.1, -0.05) is 0 Å². The highest BCUT2D eigenvalue weighted by Crippen LogP contribution is 2.36. The predicted molar refractivity (Wildman–Crippen MR) is 91.9 cm³/mol. The second-order valence-corrected chi connectivity index (χ2v) is 9.07. The molecule has 0 atom stereocenters. The molecule has 132 valence electrons. The second-order valence-electron chi connectivity index (χ2n) is 5.49. The Balaban J connectivity index is 3.00. The van der Waals surface area contributed by atoms with E-state index in [0.717, 1.165) is 16.5 Å². The van der Waals surface area contributed by atoms with Crippen LogP contribution in [0.15, 0.2) is 12.1 Å². The largest absolute Gasteiger partial charge is 0.494 e. The number of aromatic nitrogens is 1. The molecule has 0 saturated heterocycles. The van der Waals surface area contributed by atoms with Crippen molar-refractivity contribution in [2.45, 2.75) is 13.8 Å². The first kappa shape index (κ1) is 18.3.